The summed E-state index contributed by atoms with van der Waals surface area (Å²) in [5.74, 6) is 0.856. The van der Waals surface area contributed by atoms with Gasteiger partial charge >= 0.3 is 5.82 Å². The molecule has 0 saturated heterocycles. The third-order valence-corrected chi connectivity index (χ3v) is 2.53. The lowest BCUT2D eigenvalue weighted by Crippen LogP contribution is -1.94. The summed E-state index contributed by atoms with van der Waals surface area (Å²) in [5.41, 5.74) is 0. The molecule has 0 radical (unpaired) electrons. The van der Waals surface area contributed by atoms with Crippen molar-refractivity contribution < 1.29 is 9.66 Å². The molecule has 0 fully saturated rings. The number of hydrogen-bond donors (Lipinski definition) is 0. The molecule has 1 aromatic carbocycles. The van der Waals surface area contributed by atoms with Crippen LogP contribution in [0.5, 0.6) is 11.5 Å². The Morgan fingerprint density at radius 3 is 2.53 bits per heavy atom. The van der Waals surface area contributed by atoms with Crippen molar-refractivity contribution in [1.82, 2.24) is 4.98 Å². The van der Waals surface area contributed by atoms with E-state index in [0.717, 1.165) is 0 Å². The van der Waals surface area contributed by atoms with Crippen molar-refractivity contribution in [2.24, 2.45) is 0 Å². The summed E-state index contributed by atoms with van der Waals surface area (Å²) in [5, 5.41) is 10.6. The molecule has 0 aliphatic carbocycles. The highest BCUT2D eigenvalue weighted by atomic mass is 79.9. The van der Waals surface area contributed by atoms with Gasteiger partial charge in [0.1, 0.15) is 10.2 Å². The molecule has 0 saturated carbocycles. The summed E-state index contributed by atoms with van der Waals surface area (Å²) in [6, 6.07) is 10.6. The van der Waals surface area contributed by atoms with Gasteiger partial charge in [-0.25, -0.2) is 0 Å². The molecular weight excluding hydrogens is 288 g/mol. The fraction of sp³-hybridized carbons (Fsp3) is 0. The molecule has 5 nitrogen and oxygen atoms in total. The van der Waals surface area contributed by atoms with Crippen LogP contribution < -0.4 is 4.74 Å². The Morgan fingerprint density at radius 2 is 1.94 bits per heavy atom. The number of halogens is 1. The van der Waals surface area contributed by atoms with Crippen LogP contribution in [0.4, 0.5) is 5.82 Å². The topological polar surface area (TPSA) is 65.3 Å². The van der Waals surface area contributed by atoms with Crippen LogP contribution >= 0.6 is 15.9 Å². The lowest BCUT2D eigenvalue weighted by atomic mass is 10.3. The van der Waals surface area contributed by atoms with E-state index in [2.05, 4.69) is 20.9 Å². The molecule has 0 aliphatic heterocycles. The number of pyridine rings is 1. The lowest BCUT2D eigenvalue weighted by molar-refractivity contribution is -0.390. The molecule has 0 amide bonds. The average Bonchev–Trinajstić information content (AvgIpc) is 2.30. The van der Waals surface area contributed by atoms with Gasteiger partial charge in [0, 0.05) is 6.07 Å². The van der Waals surface area contributed by atoms with Crippen LogP contribution in [0.15, 0.2) is 47.1 Å². The normalized spacial score (nSPS) is 9.94. The Labute approximate surface area is 105 Å². The number of aromatic nitrogens is 1. The summed E-state index contributed by atoms with van der Waals surface area (Å²) < 4.78 is 5.77. The van der Waals surface area contributed by atoms with Gasteiger partial charge in [0.15, 0.2) is 11.9 Å². The van der Waals surface area contributed by atoms with Gasteiger partial charge in [0.05, 0.1) is 0 Å². The number of para-hydroxylation sites is 1. The molecule has 0 aliphatic rings. The molecule has 1 heterocycles. The Kier molecular flexibility index (Phi) is 3.34. The fourth-order valence-corrected chi connectivity index (χ4v) is 1.70. The molecule has 86 valence electrons. The van der Waals surface area contributed by atoms with Gasteiger partial charge in [-0.2, -0.15) is 0 Å². The van der Waals surface area contributed by atoms with E-state index < -0.39 is 4.92 Å². The van der Waals surface area contributed by atoms with Crippen LogP contribution in [-0.2, 0) is 0 Å². The van der Waals surface area contributed by atoms with Crippen molar-refractivity contribution in [2.75, 3.05) is 0 Å². The molecule has 0 atom stereocenters. The number of benzene rings is 1. The molecule has 6 heteroatoms. The van der Waals surface area contributed by atoms with E-state index in [0.29, 0.717) is 11.5 Å². The van der Waals surface area contributed by atoms with Gasteiger partial charge in [-0.3, -0.25) is 0 Å². The number of nitro groups is 1. The number of hydrogen-bond acceptors (Lipinski definition) is 4. The second kappa shape index (κ2) is 4.92. The Bertz CT molecular complexity index is 546. The summed E-state index contributed by atoms with van der Waals surface area (Å²) in [7, 11) is 0. The number of rotatable bonds is 3. The molecule has 0 unspecified atom stereocenters. The molecule has 2 aromatic rings. The minimum absolute atomic E-state index is 0.231. The van der Waals surface area contributed by atoms with Gasteiger partial charge in [-0.05, 0) is 38.0 Å². The molecule has 0 N–H and O–H groups in total. The smallest absolute Gasteiger partial charge is 0.378 e. The van der Waals surface area contributed by atoms with Crippen LogP contribution in [0.3, 0.4) is 0 Å². The van der Waals surface area contributed by atoms with Crippen molar-refractivity contribution in [3.63, 3.8) is 0 Å². The minimum atomic E-state index is -0.559. The summed E-state index contributed by atoms with van der Waals surface area (Å²) in [6.45, 7) is 0. The SMILES string of the molecule is O=[N+]([O-])c1ncc(Oc2ccccc2)cc1Br. The van der Waals surface area contributed by atoms with E-state index in [4.69, 9.17) is 4.74 Å². The lowest BCUT2D eigenvalue weighted by Gasteiger charge is -2.03. The zero-order valence-corrected chi connectivity index (χ0v) is 10.1. The predicted octanol–water partition coefficient (Wildman–Crippen LogP) is 3.54. The highest BCUT2D eigenvalue weighted by Gasteiger charge is 2.14. The van der Waals surface area contributed by atoms with Crippen LogP contribution in [0, 0.1) is 10.1 Å². The van der Waals surface area contributed by atoms with Gasteiger partial charge in [0.25, 0.3) is 0 Å². The highest BCUT2D eigenvalue weighted by Crippen LogP contribution is 2.28. The first-order valence-corrected chi connectivity index (χ1v) is 5.49. The van der Waals surface area contributed by atoms with Gasteiger partial charge < -0.3 is 14.9 Å². The fourth-order valence-electron chi connectivity index (χ4n) is 1.23. The van der Waals surface area contributed by atoms with Crippen molar-refractivity contribution in [3.05, 3.63) is 57.2 Å². The standard InChI is InChI=1S/C11H7BrN2O3/c12-10-6-9(7-13-11(10)14(15)16)17-8-4-2-1-3-5-8/h1-7H. The van der Waals surface area contributed by atoms with E-state index in [1.807, 2.05) is 18.2 Å². The first-order chi connectivity index (χ1) is 8.16. The van der Waals surface area contributed by atoms with E-state index >= 15 is 0 Å². The van der Waals surface area contributed by atoms with Crippen LogP contribution in [-0.4, -0.2) is 9.91 Å². The second-order valence-electron chi connectivity index (χ2n) is 3.15. The molecule has 17 heavy (non-hydrogen) atoms. The summed E-state index contributed by atoms with van der Waals surface area (Å²) in [4.78, 5) is 13.7. The van der Waals surface area contributed by atoms with Crippen LogP contribution in [0.25, 0.3) is 0 Å². The van der Waals surface area contributed by atoms with E-state index in [1.54, 1.807) is 12.1 Å². The monoisotopic (exact) mass is 294 g/mol. The third kappa shape index (κ3) is 2.79. The summed E-state index contributed by atoms with van der Waals surface area (Å²) >= 11 is 3.08. The largest absolute Gasteiger partial charge is 0.453 e. The molecule has 1 aromatic heterocycles. The van der Waals surface area contributed by atoms with Crippen molar-refractivity contribution >= 4 is 21.7 Å². The molecule has 0 bridgehead atoms. The molecule has 2 rings (SSSR count). The van der Waals surface area contributed by atoms with Crippen LogP contribution in [0.1, 0.15) is 0 Å². The quantitative estimate of drug-likeness (QED) is 0.641. The average molecular weight is 295 g/mol. The first-order valence-electron chi connectivity index (χ1n) is 4.69. The van der Waals surface area contributed by atoms with Crippen molar-refractivity contribution in [1.29, 1.82) is 0 Å². The van der Waals surface area contributed by atoms with E-state index in [-0.39, 0.29) is 10.3 Å². The van der Waals surface area contributed by atoms with Gasteiger partial charge in [-0.1, -0.05) is 18.2 Å². The van der Waals surface area contributed by atoms with Gasteiger partial charge in [-0.15, -0.1) is 0 Å². The zero-order valence-electron chi connectivity index (χ0n) is 8.54. The van der Waals surface area contributed by atoms with Crippen LogP contribution in [0.2, 0.25) is 0 Å². The molecular formula is C11H7BrN2O3. The maximum absolute atomic E-state index is 10.6. The first kappa shape index (κ1) is 11.5. The second-order valence-corrected chi connectivity index (χ2v) is 4.00. The Hall–Kier alpha value is -1.95. The number of ether oxygens (including phenoxy) is 1. The van der Waals surface area contributed by atoms with E-state index in [9.17, 15) is 10.1 Å². The number of nitrogens with zero attached hydrogens (tertiary/aromatic N) is 2. The predicted molar refractivity (Wildman–Crippen MR) is 65.1 cm³/mol. The van der Waals surface area contributed by atoms with Gasteiger partial charge in [0.2, 0.25) is 0 Å². The minimum Gasteiger partial charge on any atom is -0.453 e. The van der Waals surface area contributed by atoms with Crippen molar-refractivity contribution in [3.8, 4) is 11.5 Å². The summed E-state index contributed by atoms with van der Waals surface area (Å²) in [6.07, 6.45) is 1.32. The van der Waals surface area contributed by atoms with Crippen molar-refractivity contribution in [2.45, 2.75) is 0 Å². The zero-order chi connectivity index (χ0) is 12.3. The molecule has 0 spiro atoms. The maximum atomic E-state index is 10.6. The Morgan fingerprint density at radius 1 is 1.24 bits per heavy atom. The van der Waals surface area contributed by atoms with E-state index in [1.165, 1.54) is 12.3 Å². The Balaban J connectivity index is 2.24. The third-order valence-electron chi connectivity index (χ3n) is 1.95. The highest BCUT2D eigenvalue weighted by molar-refractivity contribution is 9.10. The maximum Gasteiger partial charge on any atom is 0.378 e.